The quantitative estimate of drug-likeness (QED) is 0.162. The number of nitrogens with zero attached hydrogens (tertiary/aromatic N) is 2. The van der Waals surface area contributed by atoms with Crippen molar-refractivity contribution >= 4 is 45.5 Å². The predicted octanol–water partition coefficient (Wildman–Crippen LogP) is 7.86. The summed E-state index contributed by atoms with van der Waals surface area (Å²) in [5, 5.41) is 2.36. The third-order valence-electron chi connectivity index (χ3n) is 7.10. The van der Waals surface area contributed by atoms with Crippen LogP contribution in [0.4, 0.5) is 10.5 Å². The van der Waals surface area contributed by atoms with Crippen molar-refractivity contribution in [2.24, 2.45) is 0 Å². The summed E-state index contributed by atoms with van der Waals surface area (Å²) in [7, 11) is 0. The zero-order chi connectivity index (χ0) is 29.4. The Kier molecular flexibility index (Phi) is 7.19. The van der Waals surface area contributed by atoms with Gasteiger partial charge in [-0.1, -0.05) is 82.7 Å². The molecule has 6 rings (SSSR count). The summed E-state index contributed by atoms with van der Waals surface area (Å²) in [6.07, 6.45) is 1.59. The van der Waals surface area contributed by atoms with E-state index in [1.54, 1.807) is 18.2 Å². The predicted molar refractivity (Wildman–Crippen MR) is 169 cm³/mol. The lowest BCUT2D eigenvalue weighted by Crippen LogP contribution is -2.54. The number of hydrogen-bond donors (Lipinski definition) is 1. The van der Waals surface area contributed by atoms with Gasteiger partial charge in [0.2, 0.25) is 0 Å². The number of carbonyl (C=O) groups is 3. The van der Waals surface area contributed by atoms with Crippen molar-refractivity contribution < 1.29 is 14.4 Å². The summed E-state index contributed by atoms with van der Waals surface area (Å²) >= 11 is 3.53. The molecule has 1 aliphatic heterocycles. The van der Waals surface area contributed by atoms with Crippen molar-refractivity contribution in [1.82, 2.24) is 9.88 Å². The first kappa shape index (κ1) is 27.2. The SMILES string of the molecule is Cc1cc(C)cc(N2C(=O)NC(=O)/C(=C/c3cc(-c4ccccc4)n(-c4ccc(Br)cc4)c3-c3ccccc3)C2=O)c1. The van der Waals surface area contributed by atoms with Gasteiger partial charge < -0.3 is 4.57 Å². The Morgan fingerprint density at radius 2 is 1.29 bits per heavy atom. The molecule has 0 saturated carbocycles. The van der Waals surface area contributed by atoms with E-state index < -0.39 is 17.8 Å². The Morgan fingerprint density at radius 3 is 1.90 bits per heavy atom. The van der Waals surface area contributed by atoms with Gasteiger partial charge in [0.05, 0.1) is 17.1 Å². The lowest BCUT2D eigenvalue weighted by molar-refractivity contribution is -0.122. The summed E-state index contributed by atoms with van der Waals surface area (Å²) in [5.74, 6) is -1.41. The highest BCUT2D eigenvalue weighted by Gasteiger charge is 2.37. The highest BCUT2D eigenvalue weighted by Crippen LogP contribution is 2.38. The van der Waals surface area contributed by atoms with Crippen LogP contribution in [0.3, 0.4) is 0 Å². The largest absolute Gasteiger partial charge is 0.335 e. The van der Waals surface area contributed by atoms with Gasteiger partial charge in [-0.15, -0.1) is 0 Å². The maximum Gasteiger partial charge on any atom is 0.335 e. The molecule has 0 spiro atoms. The van der Waals surface area contributed by atoms with E-state index in [4.69, 9.17) is 0 Å². The number of benzene rings is 4. The van der Waals surface area contributed by atoms with Crippen molar-refractivity contribution in [2.75, 3.05) is 4.90 Å². The van der Waals surface area contributed by atoms with E-state index in [-0.39, 0.29) is 5.57 Å². The Bertz CT molecular complexity index is 1850. The van der Waals surface area contributed by atoms with Crippen molar-refractivity contribution in [3.63, 3.8) is 0 Å². The molecular formula is C35H26BrN3O3. The molecule has 5 aromatic rings. The standard InChI is InChI=1S/C35H26BrN3O3/c1-22-17-23(2)19-29(18-22)39-34(41)30(33(40)37-35(39)42)20-26-21-31(24-9-5-3-6-10-24)38(28-15-13-27(36)14-16-28)32(26)25-11-7-4-8-12-25/h3-21H,1-2H3,(H,37,40,42)/b30-20-. The molecule has 1 fully saturated rings. The number of nitrogens with one attached hydrogen (secondary N) is 1. The first-order valence-corrected chi connectivity index (χ1v) is 14.2. The van der Waals surface area contributed by atoms with E-state index in [1.165, 1.54) is 0 Å². The van der Waals surface area contributed by atoms with E-state index in [2.05, 4.69) is 25.8 Å². The second kappa shape index (κ2) is 11.1. The summed E-state index contributed by atoms with van der Waals surface area (Å²) in [4.78, 5) is 41.0. The minimum absolute atomic E-state index is 0.126. The zero-order valence-electron chi connectivity index (χ0n) is 23.0. The van der Waals surface area contributed by atoms with Gasteiger partial charge in [0.25, 0.3) is 11.8 Å². The van der Waals surface area contributed by atoms with Gasteiger partial charge in [-0.25, -0.2) is 9.69 Å². The molecule has 0 bridgehead atoms. The lowest BCUT2D eigenvalue weighted by atomic mass is 10.0. The van der Waals surface area contributed by atoms with Crippen LogP contribution in [0.2, 0.25) is 0 Å². The molecular weight excluding hydrogens is 590 g/mol. The first-order chi connectivity index (χ1) is 20.3. The van der Waals surface area contributed by atoms with Gasteiger partial charge in [0.1, 0.15) is 5.57 Å². The average Bonchev–Trinajstić information content (AvgIpc) is 3.35. The van der Waals surface area contributed by atoms with Gasteiger partial charge in [0.15, 0.2) is 0 Å². The molecule has 4 amide bonds. The monoisotopic (exact) mass is 615 g/mol. The van der Waals surface area contributed by atoms with Crippen molar-refractivity contribution in [2.45, 2.75) is 13.8 Å². The van der Waals surface area contributed by atoms with Crippen molar-refractivity contribution in [3.05, 3.63) is 136 Å². The summed E-state index contributed by atoms with van der Waals surface area (Å²) in [6, 6.07) is 34.4. The molecule has 2 heterocycles. The highest BCUT2D eigenvalue weighted by atomic mass is 79.9. The van der Waals surface area contributed by atoms with E-state index in [0.29, 0.717) is 11.3 Å². The molecule has 1 aromatic heterocycles. The number of anilines is 1. The highest BCUT2D eigenvalue weighted by molar-refractivity contribution is 9.10. The molecule has 0 atom stereocenters. The maximum atomic E-state index is 13.9. The fraction of sp³-hybridized carbons (Fsp3) is 0.0571. The minimum atomic E-state index is -0.771. The molecule has 1 saturated heterocycles. The van der Waals surface area contributed by atoms with Gasteiger partial charge in [0, 0.05) is 15.7 Å². The van der Waals surface area contributed by atoms with Crippen molar-refractivity contribution in [1.29, 1.82) is 0 Å². The Balaban J connectivity index is 1.60. The number of aromatic nitrogens is 1. The molecule has 42 heavy (non-hydrogen) atoms. The summed E-state index contributed by atoms with van der Waals surface area (Å²) < 4.78 is 3.07. The van der Waals surface area contributed by atoms with E-state index in [0.717, 1.165) is 48.7 Å². The Morgan fingerprint density at radius 1 is 0.690 bits per heavy atom. The molecule has 1 N–H and O–H groups in total. The van der Waals surface area contributed by atoms with Crippen LogP contribution in [-0.4, -0.2) is 22.4 Å². The smallest absolute Gasteiger partial charge is 0.309 e. The molecule has 0 unspecified atom stereocenters. The van der Waals surface area contributed by atoms with Crippen LogP contribution >= 0.6 is 15.9 Å². The topological polar surface area (TPSA) is 71.4 Å². The number of imide groups is 2. The molecule has 0 radical (unpaired) electrons. The Labute approximate surface area is 252 Å². The molecule has 4 aromatic carbocycles. The van der Waals surface area contributed by atoms with Crippen LogP contribution in [0.1, 0.15) is 16.7 Å². The molecule has 1 aliphatic rings. The van der Waals surface area contributed by atoms with E-state index in [1.807, 2.05) is 111 Å². The molecule has 6 nitrogen and oxygen atoms in total. The third-order valence-corrected chi connectivity index (χ3v) is 7.63. The van der Waals surface area contributed by atoms with Crippen LogP contribution in [0, 0.1) is 13.8 Å². The molecule has 0 aliphatic carbocycles. The second-order valence-electron chi connectivity index (χ2n) is 10.2. The van der Waals surface area contributed by atoms with Crippen molar-refractivity contribution in [3.8, 4) is 28.2 Å². The maximum absolute atomic E-state index is 13.9. The van der Waals surface area contributed by atoms with Crippen LogP contribution < -0.4 is 10.2 Å². The van der Waals surface area contributed by atoms with E-state index in [9.17, 15) is 14.4 Å². The number of urea groups is 1. The fourth-order valence-electron chi connectivity index (χ4n) is 5.34. The van der Waals surface area contributed by atoms with Gasteiger partial charge >= 0.3 is 6.03 Å². The minimum Gasteiger partial charge on any atom is -0.309 e. The van der Waals surface area contributed by atoms with E-state index >= 15 is 0 Å². The van der Waals surface area contributed by atoms with Gasteiger partial charge in [-0.05, 0) is 84.6 Å². The van der Waals surface area contributed by atoms with Crippen LogP contribution in [0.15, 0.2) is 119 Å². The van der Waals surface area contributed by atoms with Crippen LogP contribution in [0.5, 0.6) is 0 Å². The number of hydrogen-bond acceptors (Lipinski definition) is 3. The normalized spacial score (nSPS) is 14.4. The number of halogens is 1. The third kappa shape index (κ3) is 5.10. The Hall–Kier alpha value is -5.01. The second-order valence-corrected chi connectivity index (χ2v) is 11.1. The summed E-state index contributed by atoms with van der Waals surface area (Å²) in [5.41, 5.74) is 7.22. The van der Waals surface area contributed by atoms with Crippen LogP contribution in [0.25, 0.3) is 34.3 Å². The van der Waals surface area contributed by atoms with Crippen LogP contribution in [-0.2, 0) is 9.59 Å². The van der Waals surface area contributed by atoms with Gasteiger partial charge in [-0.3, -0.25) is 14.9 Å². The fourth-order valence-corrected chi connectivity index (χ4v) is 5.60. The number of carbonyl (C=O) groups excluding carboxylic acids is 3. The number of aryl methyl sites for hydroxylation is 2. The molecule has 7 heteroatoms. The number of amides is 4. The zero-order valence-corrected chi connectivity index (χ0v) is 24.6. The lowest BCUT2D eigenvalue weighted by Gasteiger charge is -2.27. The van der Waals surface area contributed by atoms with Gasteiger partial charge in [-0.2, -0.15) is 0 Å². The molecule has 206 valence electrons. The number of barbiturate groups is 1. The first-order valence-electron chi connectivity index (χ1n) is 13.4. The summed E-state index contributed by atoms with van der Waals surface area (Å²) in [6.45, 7) is 3.79. The average molecular weight is 617 g/mol. The number of rotatable bonds is 5.